The highest BCUT2D eigenvalue weighted by Gasteiger charge is 2.23. The minimum absolute atomic E-state index is 0. The topological polar surface area (TPSA) is 54.3 Å². The molecule has 0 N–H and O–H groups in total. The summed E-state index contributed by atoms with van der Waals surface area (Å²) < 4.78 is 2.80. The first-order chi connectivity index (χ1) is 12.4. The van der Waals surface area contributed by atoms with Crippen LogP contribution in [0.2, 0.25) is 0 Å². The van der Waals surface area contributed by atoms with Crippen molar-refractivity contribution in [2.75, 3.05) is 32.1 Å². The largest absolute Gasteiger partial charge is 0.309 e. The van der Waals surface area contributed by atoms with Crippen molar-refractivity contribution in [3.05, 3.63) is 41.2 Å². The van der Waals surface area contributed by atoms with Gasteiger partial charge in [0.15, 0.2) is 10.8 Å². The van der Waals surface area contributed by atoms with Crippen molar-refractivity contribution in [1.82, 2.24) is 19.7 Å². The van der Waals surface area contributed by atoms with E-state index >= 15 is 0 Å². The van der Waals surface area contributed by atoms with Gasteiger partial charge in [-0.05, 0) is 58.1 Å². The number of aryl methyl sites for hydroxylation is 3. The summed E-state index contributed by atoms with van der Waals surface area (Å²) in [5.74, 6) is -0.0984. The smallest absolute Gasteiger partial charge is 0.280 e. The van der Waals surface area contributed by atoms with Gasteiger partial charge in [0.25, 0.3) is 5.91 Å². The van der Waals surface area contributed by atoms with Gasteiger partial charge in [-0.3, -0.25) is 14.4 Å². The molecule has 0 saturated heterocycles. The van der Waals surface area contributed by atoms with Gasteiger partial charge in [-0.1, -0.05) is 23.5 Å². The van der Waals surface area contributed by atoms with Gasteiger partial charge in [0, 0.05) is 19.8 Å². The molecule has 0 aliphatic heterocycles. The molecule has 3 rings (SSSR count). The molecule has 0 aliphatic rings. The van der Waals surface area contributed by atoms with Crippen LogP contribution in [0, 0.1) is 13.8 Å². The number of carbonyl (C=O) groups excluding carboxylic acids is 1. The molecule has 0 aliphatic carbocycles. The van der Waals surface area contributed by atoms with Crippen LogP contribution >= 0.6 is 23.7 Å². The lowest BCUT2D eigenvalue weighted by Crippen LogP contribution is -2.33. The first-order valence-corrected chi connectivity index (χ1v) is 9.51. The average Bonchev–Trinajstić information content (AvgIpc) is 3.21. The summed E-state index contributed by atoms with van der Waals surface area (Å²) in [7, 11) is 5.89. The van der Waals surface area contributed by atoms with Crippen molar-refractivity contribution in [1.29, 1.82) is 0 Å². The first-order valence-electron chi connectivity index (χ1n) is 8.70. The van der Waals surface area contributed by atoms with Crippen LogP contribution in [-0.2, 0) is 7.05 Å². The highest BCUT2D eigenvalue weighted by atomic mass is 35.5. The number of fused-ring (bicyclic) bond motifs is 1. The van der Waals surface area contributed by atoms with Gasteiger partial charge in [-0.2, -0.15) is 5.10 Å². The highest BCUT2D eigenvalue weighted by molar-refractivity contribution is 7.22. The summed E-state index contributed by atoms with van der Waals surface area (Å²) in [4.78, 5) is 21.8. The lowest BCUT2D eigenvalue weighted by Gasteiger charge is -2.20. The second-order valence-corrected chi connectivity index (χ2v) is 7.84. The molecule has 0 bridgehead atoms. The van der Waals surface area contributed by atoms with Crippen LogP contribution in [0.15, 0.2) is 24.4 Å². The third-order valence-corrected chi connectivity index (χ3v) is 5.54. The van der Waals surface area contributed by atoms with Crippen LogP contribution in [0.4, 0.5) is 5.13 Å². The number of aromatic nitrogens is 3. The molecule has 2 heterocycles. The monoisotopic (exact) mass is 407 g/mol. The molecule has 0 fully saturated rings. The summed E-state index contributed by atoms with van der Waals surface area (Å²) in [6.07, 6.45) is 2.66. The Morgan fingerprint density at radius 2 is 1.85 bits per heavy atom. The maximum Gasteiger partial charge on any atom is 0.280 e. The standard InChI is InChI=1S/C19H25N5OS.ClH/c1-13-7-8-14(2)17-16(13)20-19(26-17)24(11-6-10-22(3)4)18(25)15-9-12-23(5)21-15;/h7-9,12H,6,10-11H2,1-5H3;1H. The summed E-state index contributed by atoms with van der Waals surface area (Å²) in [6, 6.07) is 5.94. The van der Waals surface area contributed by atoms with Gasteiger partial charge in [-0.15, -0.1) is 12.4 Å². The predicted octanol–water partition coefficient (Wildman–Crippen LogP) is 3.67. The second kappa shape index (κ2) is 8.82. The Balaban J connectivity index is 0.00000261. The molecule has 2 aromatic heterocycles. The van der Waals surface area contributed by atoms with Crippen LogP contribution in [0.5, 0.6) is 0 Å². The van der Waals surface area contributed by atoms with Crippen molar-refractivity contribution >= 4 is 45.0 Å². The number of nitrogens with zero attached hydrogens (tertiary/aromatic N) is 5. The first kappa shape index (κ1) is 21.3. The number of hydrogen-bond acceptors (Lipinski definition) is 5. The van der Waals surface area contributed by atoms with E-state index in [0.717, 1.165) is 33.9 Å². The zero-order chi connectivity index (χ0) is 18.8. The minimum Gasteiger partial charge on any atom is -0.309 e. The average molecular weight is 408 g/mol. The third-order valence-electron chi connectivity index (χ3n) is 4.33. The van der Waals surface area contributed by atoms with Gasteiger partial charge in [0.05, 0.1) is 10.2 Å². The maximum atomic E-state index is 13.1. The van der Waals surface area contributed by atoms with Crippen LogP contribution in [0.25, 0.3) is 10.2 Å². The zero-order valence-electron chi connectivity index (χ0n) is 16.4. The van der Waals surface area contributed by atoms with E-state index in [-0.39, 0.29) is 18.3 Å². The van der Waals surface area contributed by atoms with Crippen LogP contribution < -0.4 is 4.90 Å². The molecular weight excluding hydrogens is 382 g/mol. The number of hydrogen-bond donors (Lipinski definition) is 0. The lowest BCUT2D eigenvalue weighted by atomic mass is 10.1. The van der Waals surface area contributed by atoms with Crippen molar-refractivity contribution in [3.8, 4) is 0 Å². The number of rotatable bonds is 6. The predicted molar refractivity (Wildman–Crippen MR) is 114 cm³/mol. The Morgan fingerprint density at radius 1 is 1.15 bits per heavy atom. The maximum absolute atomic E-state index is 13.1. The Hall–Kier alpha value is -1.96. The fourth-order valence-electron chi connectivity index (χ4n) is 2.86. The Kier molecular flexibility index (Phi) is 6.97. The van der Waals surface area contributed by atoms with E-state index in [4.69, 9.17) is 4.98 Å². The quantitative estimate of drug-likeness (QED) is 0.625. The molecule has 3 aromatic rings. The number of anilines is 1. The van der Waals surface area contributed by atoms with Crippen LogP contribution in [0.3, 0.4) is 0 Å². The van der Waals surface area contributed by atoms with Crippen molar-refractivity contribution in [2.24, 2.45) is 7.05 Å². The summed E-state index contributed by atoms with van der Waals surface area (Å²) in [6.45, 7) is 5.67. The van der Waals surface area contributed by atoms with Gasteiger partial charge < -0.3 is 4.90 Å². The third kappa shape index (κ3) is 4.66. The van der Waals surface area contributed by atoms with Crippen LogP contribution in [-0.4, -0.2) is 52.8 Å². The van der Waals surface area contributed by atoms with Gasteiger partial charge >= 0.3 is 0 Å². The van der Waals surface area contributed by atoms with E-state index in [0.29, 0.717) is 12.2 Å². The number of thiazole rings is 1. The summed E-state index contributed by atoms with van der Waals surface area (Å²) >= 11 is 1.58. The summed E-state index contributed by atoms with van der Waals surface area (Å²) in [5, 5.41) is 5.02. The molecule has 0 radical (unpaired) electrons. The van der Waals surface area contributed by atoms with E-state index in [1.54, 1.807) is 33.2 Å². The SMILES string of the molecule is Cc1ccc(C)c2sc(N(CCCN(C)C)C(=O)c3ccn(C)n3)nc12.Cl. The normalized spacial score (nSPS) is 11.0. The van der Waals surface area contributed by atoms with Crippen molar-refractivity contribution in [3.63, 3.8) is 0 Å². The van der Waals surface area contributed by atoms with E-state index < -0.39 is 0 Å². The van der Waals surface area contributed by atoms with E-state index in [9.17, 15) is 4.79 Å². The molecular formula is C19H26ClN5OS. The van der Waals surface area contributed by atoms with Crippen LogP contribution in [0.1, 0.15) is 28.0 Å². The van der Waals surface area contributed by atoms with Gasteiger partial charge in [-0.25, -0.2) is 4.98 Å². The van der Waals surface area contributed by atoms with Crippen molar-refractivity contribution in [2.45, 2.75) is 20.3 Å². The second-order valence-electron chi connectivity index (χ2n) is 6.86. The molecule has 0 atom stereocenters. The Bertz CT molecular complexity index is 894. The van der Waals surface area contributed by atoms with E-state index in [1.165, 1.54) is 5.56 Å². The molecule has 146 valence electrons. The Morgan fingerprint density at radius 3 is 2.44 bits per heavy atom. The molecule has 0 unspecified atom stereocenters. The number of amides is 1. The molecule has 1 aromatic carbocycles. The fourth-order valence-corrected chi connectivity index (χ4v) is 4.00. The molecule has 8 heteroatoms. The zero-order valence-corrected chi connectivity index (χ0v) is 18.0. The van der Waals surface area contributed by atoms with E-state index in [1.807, 2.05) is 21.1 Å². The van der Waals surface area contributed by atoms with Gasteiger partial charge in [0.1, 0.15) is 0 Å². The van der Waals surface area contributed by atoms with Gasteiger partial charge in [0.2, 0.25) is 0 Å². The Labute approximate surface area is 170 Å². The van der Waals surface area contributed by atoms with E-state index in [2.05, 4.69) is 36.0 Å². The molecule has 0 spiro atoms. The highest BCUT2D eigenvalue weighted by Crippen LogP contribution is 2.33. The molecule has 27 heavy (non-hydrogen) atoms. The lowest BCUT2D eigenvalue weighted by molar-refractivity contribution is 0.0980. The minimum atomic E-state index is -0.0984. The fraction of sp³-hybridized carbons (Fsp3) is 0.421. The summed E-state index contributed by atoms with van der Waals surface area (Å²) in [5.41, 5.74) is 3.75. The number of benzene rings is 1. The number of halogens is 1. The molecule has 1 amide bonds. The molecule has 6 nitrogen and oxygen atoms in total. The van der Waals surface area contributed by atoms with Crippen molar-refractivity contribution < 1.29 is 4.79 Å². The molecule has 0 saturated carbocycles. The number of carbonyl (C=O) groups is 1.